The van der Waals surface area contributed by atoms with Crippen molar-refractivity contribution in [2.24, 2.45) is 17.3 Å². The summed E-state index contributed by atoms with van der Waals surface area (Å²) in [4.78, 5) is 12.4. The van der Waals surface area contributed by atoms with Crippen molar-refractivity contribution in [3.8, 4) is 5.75 Å². The first-order chi connectivity index (χ1) is 11.6. The largest absolute Gasteiger partial charge is 0.399 e. The number of fused-ring (bicyclic) bond motifs is 5. The third kappa shape index (κ3) is 2.56. The van der Waals surface area contributed by atoms with Gasteiger partial charge in [-0.3, -0.25) is 4.79 Å². The van der Waals surface area contributed by atoms with Crippen LogP contribution in [0.5, 0.6) is 5.75 Å². The molecule has 0 aromatic heterocycles. The Morgan fingerprint density at radius 1 is 1.25 bits per heavy atom. The van der Waals surface area contributed by atoms with Crippen molar-refractivity contribution in [2.75, 3.05) is 0 Å². The molecule has 4 atom stereocenters. The number of hydrogen-bond donors (Lipinski definition) is 1. The van der Waals surface area contributed by atoms with Crippen LogP contribution in [0.25, 0.3) is 0 Å². The molecule has 2 saturated carbocycles. The molecule has 6 heteroatoms. The Kier molecular flexibility index (Phi) is 4.33. The Morgan fingerprint density at radius 2 is 2.12 bits per heavy atom. The minimum absolute atomic E-state index is 0.0694. The first-order valence-corrected chi connectivity index (χ1v) is 9.27. The molecule has 0 aliphatic heterocycles. The lowest BCUT2D eigenvalue weighted by Gasteiger charge is -2.48. The minimum Gasteiger partial charge on any atom is -0.399 e. The van der Waals surface area contributed by atoms with Crippen molar-refractivity contribution in [1.29, 1.82) is 0 Å². The van der Waals surface area contributed by atoms with Crippen molar-refractivity contribution in [1.82, 2.24) is 0 Å². The van der Waals surface area contributed by atoms with Crippen LogP contribution in [0, 0.1) is 17.3 Å². The highest BCUT2D eigenvalue weighted by Gasteiger charge is 2.54. The fourth-order valence-electron chi connectivity index (χ4n) is 5.45. The van der Waals surface area contributed by atoms with Gasteiger partial charge in [-0.1, -0.05) is 22.4 Å². The molecule has 4 rings (SSSR count). The second-order valence-corrected chi connectivity index (χ2v) is 7.93. The average Bonchev–Trinajstić information content (AvgIpc) is 2.90. The van der Waals surface area contributed by atoms with Gasteiger partial charge in [0.05, 0.1) is 0 Å². The third-order valence-corrected chi connectivity index (χ3v) is 6.97. The monoisotopic (exact) mass is 350 g/mol. The van der Waals surface area contributed by atoms with E-state index in [9.17, 15) is 4.79 Å². The van der Waals surface area contributed by atoms with E-state index < -0.39 is 0 Å². The fourth-order valence-corrected chi connectivity index (χ4v) is 5.68. The predicted molar refractivity (Wildman–Crippen MR) is 89.1 cm³/mol. The molecule has 130 valence electrons. The van der Waals surface area contributed by atoms with Crippen molar-refractivity contribution in [2.45, 2.75) is 51.4 Å². The summed E-state index contributed by atoms with van der Waals surface area (Å²) in [6.07, 6.45) is 6.14. The molecule has 4 unspecified atom stereocenters. The highest BCUT2D eigenvalue weighted by atomic mass is 32.2. The molecule has 1 aromatic rings. The van der Waals surface area contributed by atoms with Gasteiger partial charge in [0.15, 0.2) is 0 Å². The topological polar surface area (TPSA) is 65.0 Å². The normalized spacial score (nSPS) is 34.4. The maximum Gasteiger partial charge on any atom is 0.261 e. The Morgan fingerprint density at radius 3 is 2.96 bits per heavy atom. The Labute approximate surface area is 145 Å². The molecule has 2 fully saturated rings. The molecule has 1 N–H and O–H groups in total. The SMILES string of the molecule is CC12CCC3c4ccc(OSOOO)cc4CCC3C1CCC2=O. The first-order valence-electron chi connectivity index (χ1n) is 8.61. The average molecular weight is 350 g/mol. The van der Waals surface area contributed by atoms with E-state index in [0.717, 1.165) is 38.5 Å². The molecule has 0 bridgehead atoms. The standard InChI is InChI=1S/C18H22O5S/c1-18-9-8-14-13-5-3-12(21-24-23-22-20)10-11(13)2-4-15(14)16(18)6-7-17(18)19/h3,5,10,14-16,20H,2,4,6-9H2,1H3. The van der Waals surface area contributed by atoms with Crippen molar-refractivity contribution in [3.63, 3.8) is 0 Å². The highest BCUT2D eigenvalue weighted by molar-refractivity contribution is 7.90. The summed E-state index contributed by atoms with van der Waals surface area (Å²) in [7, 11) is 0. The highest BCUT2D eigenvalue weighted by Crippen LogP contribution is 2.59. The van der Waals surface area contributed by atoms with Crippen LogP contribution < -0.4 is 4.18 Å². The van der Waals surface area contributed by atoms with Crippen LogP contribution in [0.4, 0.5) is 0 Å². The lowest BCUT2D eigenvalue weighted by molar-refractivity contribution is -0.433. The van der Waals surface area contributed by atoms with Crippen LogP contribution in [0.2, 0.25) is 0 Å². The Bertz CT molecular complexity index is 648. The Hall–Kier alpha value is -1.08. The van der Waals surface area contributed by atoms with E-state index in [2.05, 4.69) is 22.4 Å². The van der Waals surface area contributed by atoms with Crippen LogP contribution in [0.3, 0.4) is 0 Å². The van der Waals surface area contributed by atoms with Crippen LogP contribution in [0.15, 0.2) is 18.2 Å². The molecule has 1 aromatic carbocycles. The molecule has 0 radical (unpaired) electrons. The van der Waals surface area contributed by atoms with Gasteiger partial charge in [-0.15, -0.1) is 0 Å². The zero-order chi connectivity index (χ0) is 16.7. The van der Waals surface area contributed by atoms with Gasteiger partial charge in [0.2, 0.25) is 0 Å². The number of hydrogen-bond acceptors (Lipinski definition) is 6. The smallest absolute Gasteiger partial charge is 0.261 e. The third-order valence-electron chi connectivity index (χ3n) is 6.60. The maximum absolute atomic E-state index is 12.4. The fraction of sp³-hybridized carbons (Fsp3) is 0.611. The van der Waals surface area contributed by atoms with Gasteiger partial charge in [0.1, 0.15) is 11.5 Å². The lowest BCUT2D eigenvalue weighted by Crippen LogP contribution is -2.42. The van der Waals surface area contributed by atoms with E-state index in [-0.39, 0.29) is 5.41 Å². The first kappa shape index (κ1) is 16.4. The zero-order valence-electron chi connectivity index (χ0n) is 13.7. The number of carbonyl (C=O) groups excluding carboxylic acids is 1. The number of Topliss-reactive ketones (excluding diaryl/α,β-unsaturated/α-hetero) is 1. The van der Waals surface area contributed by atoms with E-state index in [1.165, 1.54) is 11.1 Å². The molecule has 3 aliphatic rings. The van der Waals surface area contributed by atoms with E-state index in [1.807, 2.05) is 12.1 Å². The zero-order valence-corrected chi connectivity index (χ0v) is 14.5. The van der Waals surface area contributed by atoms with Crippen LogP contribution in [-0.2, 0) is 20.6 Å². The molecule has 0 saturated heterocycles. The number of carbonyl (C=O) groups is 1. The quantitative estimate of drug-likeness (QED) is 0.374. The summed E-state index contributed by atoms with van der Waals surface area (Å²) in [5, 5.41) is 11.6. The van der Waals surface area contributed by atoms with Gasteiger partial charge in [-0.2, -0.15) is 0 Å². The lowest BCUT2D eigenvalue weighted by atomic mass is 9.55. The summed E-state index contributed by atoms with van der Waals surface area (Å²) in [5.74, 6) is 2.93. The van der Waals surface area contributed by atoms with Crippen LogP contribution >= 0.6 is 12.3 Å². The molecular formula is C18H22O5S. The van der Waals surface area contributed by atoms with Crippen molar-refractivity contribution < 1.29 is 23.6 Å². The van der Waals surface area contributed by atoms with E-state index in [0.29, 0.717) is 41.6 Å². The number of benzene rings is 1. The number of rotatable bonds is 4. The van der Waals surface area contributed by atoms with Gasteiger partial charge in [-0.25, -0.2) is 5.26 Å². The molecule has 0 heterocycles. The number of aryl methyl sites for hydroxylation is 1. The van der Waals surface area contributed by atoms with Crippen molar-refractivity contribution in [3.05, 3.63) is 29.3 Å². The summed E-state index contributed by atoms with van der Waals surface area (Å²) >= 11 is 0.582. The molecule has 0 amide bonds. The maximum atomic E-state index is 12.4. The Balaban J connectivity index is 1.56. The van der Waals surface area contributed by atoms with Crippen LogP contribution in [-0.4, -0.2) is 11.0 Å². The molecule has 3 aliphatic carbocycles. The second kappa shape index (κ2) is 6.33. The molecular weight excluding hydrogens is 328 g/mol. The second-order valence-electron chi connectivity index (χ2n) is 7.49. The summed E-state index contributed by atoms with van der Waals surface area (Å²) in [6.45, 7) is 2.20. The van der Waals surface area contributed by atoms with Gasteiger partial charge >= 0.3 is 0 Å². The van der Waals surface area contributed by atoms with E-state index in [1.54, 1.807) is 0 Å². The van der Waals surface area contributed by atoms with Gasteiger partial charge in [0.25, 0.3) is 12.3 Å². The van der Waals surface area contributed by atoms with Gasteiger partial charge in [0, 0.05) is 11.8 Å². The summed E-state index contributed by atoms with van der Waals surface area (Å²) in [5.41, 5.74) is 2.68. The van der Waals surface area contributed by atoms with E-state index >= 15 is 0 Å². The van der Waals surface area contributed by atoms with Gasteiger partial charge in [-0.05, 0) is 73.1 Å². The predicted octanol–water partition coefficient (Wildman–Crippen LogP) is 4.48. The summed E-state index contributed by atoms with van der Waals surface area (Å²) < 4.78 is 9.57. The van der Waals surface area contributed by atoms with Gasteiger partial charge < -0.3 is 4.18 Å². The molecule has 24 heavy (non-hydrogen) atoms. The molecule has 0 spiro atoms. The number of ketones is 1. The van der Waals surface area contributed by atoms with Crippen molar-refractivity contribution >= 4 is 18.1 Å². The minimum atomic E-state index is -0.0694. The summed E-state index contributed by atoms with van der Waals surface area (Å²) in [6, 6.07) is 6.14. The van der Waals surface area contributed by atoms with Crippen LogP contribution in [0.1, 0.15) is 56.1 Å². The molecule has 5 nitrogen and oxygen atoms in total. The van der Waals surface area contributed by atoms with E-state index in [4.69, 9.17) is 9.44 Å².